The Bertz CT molecular complexity index is 1230. The summed E-state index contributed by atoms with van der Waals surface area (Å²) in [4.78, 5) is 13.8. The Labute approximate surface area is 216 Å². The van der Waals surface area contributed by atoms with Gasteiger partial charge in [-0.2, -0.15) is 18.3 Å². The van der Waals surface area contributed by atoms with Crippen molar-refractivity contribution in [1.82, 2.24) is 9.78 Å². The van der Waals surface area contributed by atoms with E-state index in [1.165, 1.54) is 24.1 Å². The minimum Gasteiger partial charge on any atom is -0.362 e. The molecule has 37 heavy (non-hydrogen) atoms. The molecule has 1 fully saturated rings. The number of nitrogens with one attached hydrogen (secondary N) is 1. The number of nitrogens with zero attached hydrogens (tertiary/aromatic N) is 2. The highest BCUT2D eigenvalue weighted by Crippen LogP contribution is 2.48. The van der Waals surface area contributed by atoms with E-state index < -0.39 is 17.2 Å². The summed E-state index contributed by atoms with van der Waals surface area (Å²) < 4.78 is 41.4. The molecular weight excluding hydrogens is 475 g/mol. The van der Waals surface area contributed by atoms with Gasteiger partial charge in [-0.1, -0.05) is 69.2 Å². The van der Waals surface area contributed by atoms with Crippen molar-refractivity contribution < 1.29 is 18.0 Å². The van der Waals surface area contributed by atoms with E-state index in [4.69, 9.17) is 5.10 Å². The van der Waals surface area contributed by atoms with Gasteiger partial charge in [0.05, 0.1) is 29.4 Å². The number of rotatable bonds is 7. The number of Topliss-reactive ketones (excluding diaryl/α,β-unsaturated/α-hetero) is 1. The van der Waals surface area contributed by atoms with Crippen molar-refractivity contribution in [2.45, 2.75) is 82.5 Å². The topological polar surface area (TPSA) is 46.9 Å². The predicted molar refractivity (Wildman–Crippen MR) is 139 cm³/mol. The summed E-state index contributed by atoms with van der Waals surface area (Å²) in [6.07, 6.45) is 3.31. The fraction of sp³-hybridized carbons (Fsp3) is 0.467. The molecule has 2 aliphatic rings. The third-order valence-corrected chi connectivity index (χ3v) is 8.75. The summed E-state index contributed by atoms with van der Waals surface area (Å²) in [6, 6.07) is 16.1. The largest absolute Gasteiger partial charge is 0.416 e. The first-order chi connectivity index (χ1) is 17.8. The Morgan fingerprint density at radius 3 is 2.27 bits per heavy atom. The van der Waals surface area contributed by atoms with Crippen LogP contribution < -0.4 is 5.32 Å². The Morgan fingerprint density at radius 1 is 0.973 bits per heavy atom. The quantitative estimate of drug-likeness (QED) is 0.327. The smallest absolute Gasteiger partial charge is 0.362 e. The lowest BCUT2D eigenvalue weighted by molar-refractivity contribution is -0.137. The summed E-state index contributed by atoms with van der Waals surface area (Å²) in [5.74, 6) is 1.15. The third kappa shape index (κ3) is 4.69. The van der Waals surface area contributed by atoms with Gasteiger partial charge in [0, 0.05) is 17.8 Å². The molecule has 3 atom stereocenters. The Morgan fingerprint density at radius 2 is 1.62 bits per heavy atom. The van der Waals surface area contributed by atoms with Gasteiger partial charge in [-0.15, -0.1) is 0 Å². The van der Waals surface area contributed by atoms with Gasteiger partial charge in [-0.3, -0.25) is 4.79 Å². The highest BCUT2D eigenvalue weighted by atomic mass is 19.4. The molecule has 196 valence electrons. The summed E-state index contributed by atoms with van der Waals surface area (Å²) in [5.41, 5.74) is 1.33. The Hall–Kier alpha value is -3.09. The Kier molecular flexibility index (Phi) is 6.90. The number of ketones is 1. The first-order valence-corrected chi connectivity index (χ1v) is 13.4. The van der Waals surface area contributed by atoms with Gasteiger partial charge in [0.25, 0.3) is 0 Å². The summed E-state index contributed by atoms with van der Waals surface area (Å²) in [7, 11) is 0. The van der Waals surface area contributed by atoms with Gasteiger partial charge in [0.2, 0.25) is 0 Å². The highest BCUT2D eigenvalue weighted by molar-refractivity contribution is 6.01. The molecule has 0 saturated heterocycles. The monoisotopic (exact) mass is 509 g/mol. The number of anilines is 1. The lowest BCUT2D eigenvalue weighted by Gasteiger charge is -2.43. The molecule has 0 radical (unpaired) electrons. The zero-order valence-corrected chi connectivity index (χ0v) is 21.4. The van der Waals surface area contributed by atoms with E-state index in [9.17, 15) is 18.0 Å². The maximum Gasteiger partial charge on any atom is 0.416 e. The van der Waals surface area contributed by atoms with Crippen LogP contribution in [0.5, 0.6) is 0 Å². The number of hydrogen-bond donors (Lipinski definition) is 1. The minimum atomic E-state index is -4.38. The van der Waals surface area contributed by atoms with Crippen molar-refractivity contribution in [3.8, 4) is 0 Å². The molecule has 2 heterocycles. The standard InChI is InChI=1S/C30H34F3N3O/c1-3-29(4-2,21-14-16-22(17-15-21)30(31,32)33)18-26(37)24-19-34-36-25-13-9-8-12-23(25)27(35-28(24)36)20-10-6-5-7-11-20/h5-7,10-11,14-17,19,23,25,27,35H,3-4,8-9,12-13,18H2,1-2H3. The van der Waals surface area contributed by atoms with Crippen molar-refractivity contribution in [2.24, 2.45) is 5.92 Å². The van der Waals surface area contributed by atoms with E-state index in [-0.39, 0.29) is 24.3 Å². The van der Waals surface area contributed by atoms with Crippen LogP contribution in [0, 0.1) is 5.92 Å². The lowest BCUT2D eigenvalue weighted by Crippen LogP contribution is -2.38. The van der Waals surface area contributed by atoms with Gasteiger partial charge in [-0.25, -0.2) is 4.68 Å². The minimum absolute atomic E-state index is 0.0292. The van der Waals surface area contributed by atoms with Crippen LogP contribution in [0.15, 0.2) is 60.8 Å². The number of carbonyl (C=O) groups is 1. The van der Waals surface area contributed by atoms with Crippen molar-refractivity contribution in [1.29, 1.82) is 0 Å². The highest BCUT2D eigenvalue weighted by Gasteiger charge is 2.42. The molecule has 1 aliphatic carbocycles. The zero-order chi connectivity index (χ0) is 26.2. The average molecular weight is 510 g/mol. The molecule has 1 aromatic heterocycles. The maximum atomic E-state index is 13.8. The molecule has 2 aromatic carbocycles. The first kappa shape index (κ1) is 25.6. The molecule has 1 N–H and O–H groups in total. The zero-order valence-electron chi connectivity index (χ0n) is 21.4. The lowest BCUT2D eigenvalue weighted by atomic mass is 9.71. The van der Waals surface area contributed by atoms with E-state index in [1.807, 2.05) is 36.7 Å². The molecule has 7 heteroatoms. The number of aromatic nitrogens is 2. The number of hydrogen-bond acceptors (Lipinski definition) is 3. The van der Waals surface area contributed by atoms with Crippen LogP contribution in [0.2, 0.25) is 0 Å². The van der Waals surface area contributed by atoms with Crippen LogP contribution in [0.3, 0.4) is 0 Å². The van der Waals surface area contributed by atoms with E-state index in [0.717, 1.165) is 42.8 Å². The van der Waals surface area contributed by atoms with Crippen molar-refractivity contribution in [2.75, 3.05) is 5.32 Å². The van der Waals surface area contributed by atoms with Gasteiger partial charge in [0.15, 0.2) is 5.78 Å². The van der Waals surface area contributed by atoms with Crippen LogP contribution in [0.4, 0.5) is 19.0 Å². The molecule has 0 bridgehead atoms. The summed E-state index contributed by atoms with van der Waals surface area (Å²) in [5, 5.41) is 8.37. The van der Waals surface area contributed by atoms with Crippen LogP contribution >= 0.6 is 0 Å². The normalized spacial score (nSPS) is 21.6. The van der Waals surface area contributed by atoms with Gasteiger partial charge in [0.1, 0.15) is 5.82 Å². The molecular formula is C30H34F3N3O. The molecule has 5 rings (SSSR count). The van der Waals surface area contributed by atoms with Gasteiger partial charge >= 0.3 is 6.18 Å². The molecule has 0 spiro atoms. The van der Waals surface area contributed by atoms with E-state index in [2.05, 4.69) is 17.4 Å². The number of fused-ring (bicyclic) bond motifs is 3. The van der Waals surface area contributed by atoms with Gasteiger partial charge in [-0.05, 0) is 48.9 Å². The molecule has 1 saturated carbocycles. The van der Waals surface area contributed by atoms with Crippen molar-refractivity contribution in [3.05, 3.63) is 83.0 Å². The van der Waals surface area contributed by atoms with Crippen LogP contribution in [0.25, 0.3) is 0 Å². The second-order valence-electron chi connectivity index (χ2n) is 10.6. The summed E-state index contributed by atoms with van der Waals surface area (Å²) >= 11 is 0. The molecule has 3 unspecified atom stereocenters. The average Bonchev–Trinajstić information content (AvgIpc) is 3.36. The van der Waals surface area contributed by atoms with Crippen molar-refractivity contribution in [3.63, 3.8) is 0 Å². The molecule has 1 aliphatic heterocycles. The van der Waals surface area contributed by atoms with Crippen LogP contribution in [-0.2, 0) is 11.6 Å². The fourth-order valence-electron chi connectivity index (χ4n) is 6.46. The van der Waals surface area contributed by atoms with Crippen LogP contribution in [-0.4, -0.2) is 15.6 Å². The number of halogens is 3. The second-order valence-corrected chi connectivity index (χ2v) is 10.6. The Balaban J connectivity index is 1.46. The van der Waals surface area contributed by atoms with Gasteiger partial charge < -0.3 is 5.32 Å². The number of alkyl halides is 3. The first-order valence-electron chi connectivity index (χ1n) is 13.4. The van der Waals surface area contributed by atoms with E-state index in [0.29, 0.717) is 24.3 Å². The van der Waals surface area contributed by atoms with Crippen molar-refractivity contribution >= 4 is 11.6 Å². The van der Waals surface area contributed by atoms with E-state index >= 15 is 0 Å². The molecule has 0 amide bonds. The van der Waals surface area contributed by atoms with E-state index in [1.54, 1.807) is 6.20 Å². The third-order valence-electron chi connectivity index (χ3n) is 8.75. The molecule has 4 nitrogen and oxygen atoms in total. The molecule has 3 aromatic rings. The van der Waals surface area contributed by atoms with Crippen LogP contribution in [0.1, 0.15) is 97.9 Å². The number of carbonyl (C=O) groups excluding carboxylic acids is 1. The maximum absolute atomic E-state index is 13.8. The fourth-order valence-corrected chi connectivity index (χ4v) is 6.46. The SMILES string of the molecule is CCC(CC)(CC(=O)c1cnn2c1NC(c1ccccc1)C1CCCCC12)c1ccc(C(F)(F)F)cc1. The predicted octanol–water partition coefficient (Wildman–Crippen LogP) is 8.13. The summed E-state index contributed by atoms with van der Waals surface area (Å²) in [6.45, 7) is 4.00. The number of benzene rings is 2. The second kappa shape index (κ2) is 9.99.